The minimum absolute atomic E-state index is 0.247. The van der Waals surface area contributed by atoms with Crippen LogP contribution >= 0.6 is 23.2 Å². The highest BCUT2D eigenvalue weighted by atomic mass is 35.5. The number of benzene rings is 2. The number of aliphatic carboxylic acids is 1. The van der Waals surface area contributed by atoms with Gasteiger partial charge in [0.2, 0.25) is 0 Å². The second kappa shape index (κ2) is 8.52. The minimum atomic E-state index is -1.000. The quantitative estimate of drug-likeness (QED) is 0.576. The van der Waals surface area contributed by atoms with Gasteiger partial charge < -0.3 is 10.4 Å². The van der Waals surface area contributed by atoms with E-state index in [-0.39, 0.29) is 10.8 Å². The number of hydrogen-bond donors (Lipinski definition) is 2. The highest BCUT2D eigenvalue weighted by Crippen LogP contribution is 2.21. The molecule has 0 spiro atoms. The lowest BCUT2D eigenvalue weighted by atomic mass is 10.1. The van der Waals surface area contributed by atoms with Gasteiger partial charge in [-0.15, -0.1) is 0 Å². The number of allylic oxidation sites excluding steroid dienone is 1. The molecule has 0 saturated heterocycles. The Bertz CT molecular complexity index is 760. The van der Waals surface area contributed by atoms with E-state index in [4.69, 9.17) is 23.2 Å². The number of carbonyl (C=O) groups excluding carboxylic acids is 1. The summed E-state index contributed by atoms with van der Waals surface area (Å²) in [6.07, 6.45) is 2.88. The van der Waals surface area contributed by atoms with Crippen LogP contribution in [0, 0.1) is 0 Å². The molecule has 2 aromatic rings. The fourth-order valence-electron chi connectivity index (χ4n) is 2.09. The van der Waals surface area contributed by atoms with Crippen LogP contribution in [0.15, 0.2) is 60.8 Å². The molecule has 24 heavy (non-hydrogen) atoms. The van der Waals surface area contributed by atoms with Crippen LogP contribution in [0.1, 0.15) is 15.9 Å². The summed E-state index contributed by atoms with van der Waals surface area (Å²) < 4.78 is 0. The normalized spacial score (nSPS) is 12.1. The van der Waals surface area contributed by atoms with Gasteiger partial charge in [-0.25, -0.2) is 4.79 Å². The van der Waals surface area contributed by atoms with Crippen molar-refractivity contribution in [2.75, 3.05) is 0 Å². The van der Waals surface area contributed by atoms with Crippen LogP contribution in [0.25, 0.3) is 0 Å². The van der Waals surface area contributed by atoms with Gasteiger partial charge in [-0.1, -0.05) is 53.5 Å². The first-order valence-corrected chi connectivity index (χ1v) is 7.91. The number of ketones is 1. The number of hydrogen-bond acceptors (Lipinski definition) is 3. The van der Waals surface area contributed by atoms with Crippen LogP contribution in [0.5, 0.6) is 0 Å². The zero-order valence-electron chi connectivity index (χ0n) is 12.6. The summed E-state index contributed by atoms with van der Waals surface area (Å²) in [6.45, 7) is 0. The number of halogens is 2. The van der Waals surface area contributed by atoms with Gasteiger partial charge in [0.25, 0.3) is 0 Å². The third-order valence-electron chi connectivity index (χ3n) is 3.31. The predicted octanol–water partition coefficient (Wildman–Crippen LogP) is 3.98. The average Bonchev–Trinajstić information content (AvgIpc) is 2.54. The number of rotatable bonds is 7. The van der Waals surface area contributed by atoms with Gasteiger partial charge in [0, 0.05) is 29.3 Å². The zero-order valence-corrected chi connectivity index (χ0v) is 14.1. The summed E-state index contributed by atoms with van der Waals surface area (Å²) in [5.74, 6) is -1.34. The van der Waals surface area contributed by atoms with Crippen molar-refractivity contribution < 1.29 is 14.7 Å². The standard InChI is InChI=1S/C18H15Cl2NO3/c19-13-6-7-14(15(20)11-13)17(22)8-9-21-16(18(23)24)10-12-4-2-1-3-5-12/h1-9,11,16,21H,10H2,(H,23,24)/b9-8-. The summed E-state index contributed by atoms with van der Waals surface area (Å²) in [6, 6.07) is 13.0. The SMILES string of the molecule is O=C(/C=C\NC(Cc1ccccc1)C(=O)O)c1ccc(Cl)cc1Cl. The molecule has 2 rings (SSSR count). The maximum atomic E-state index is 12.1. The van der Waals surface area contributed by atoms with Crippen molar-refractivity contribution in [2.45, 2.75) is 12.5 Å². The van der Waals surface area contributed by atoms with Crippen molar-refractivity contribution in [1.29, 1.82) is 0 Å². The molecule has 0 aliphatic rings. The van der Waals surface area contributed by atoms with E-state index in [1.807, 2.05) is 30.3 Å². The van der Waals surface area contributed by atoms with E-state index in [2.05, 4.69) is 5.32 Å². The lowest BCUT2D eigenvalue weighted by Crippen LogP contribution is -2.35. The molecule has 1 unspecified atom stereocenters. The Kier molecular flexibility index (Phi) is 6.41. The van der Waals surface area contributed by atoms with Gasteiger partial charge in [0.15, 0.2) is 5.78 Å². The fraction of sp³-hybridized carbons (Fsp3) is 0.111. The van der Waals surface area contributed by atoms with Crippen LogP contribution in [0.2, 0.25) is 10.0 Å². The Morgan fingerprint density at radius 2 is 1.83 bits per heavy atom. The third kappa shape index (κ3) is 5.11. The fourth-order valence-corrected chi connectivity index (χ4v) is 2.59. The molecular formula is C18H15Cl2NO3. The Morgan fingerprint density at radius 3 is 2.46 bits per heavy atom. The number of carbonyl (C=O) groups is 2. The van der Waals surface area contributed by atoms with Gasteiger partial charge in [-0.05, 0) is 23.8 Å². The second-order valence-electron chi connectivity index (χ2n) is 5.07. The van der Waals surface area contributed by atoms with Crippen LogP contribution in [0.3, 0.4) is 0 Å². The predicted molar refractivity (Wildman–Crippen MR) is 94.6 cm³/mol. The highest BCUT2D eigenvalue weighted by molar-refractivity contribution is 6.37. The number of nitrogens with one attached hydrogen (secondary N) is 1. The van der Waals surface area contributed by atoms with Crippen molar-refractivity contribution >= 4 is 35.0 Å². The first-order valence-electron chi connectivity index (χ1n) is 7.16. The Balaban J connectivity index is 2.01. The molecule has 0 bridgehead atoms. The van der Waals surface area contributed by atoms with Gasteiger partial charge in [-0.2, -0.15) is 0 Å². The van der Waals surface area contributed by atoms with E-state index in [9.17, 15) is 14.7 Å². The Labute approximate surface area is 149 Å². The molecular weight excluding hydrogens is 349 g/mol. The monoisotopic (exact) mass is 363 g/mol. The van der Waals surface area contributed by atoms with E-state index in [1.165, 1.54) is 24.4 Å². The van der Waals surface area contributed by atoms with E-state index in [1.54, 1.807) is 6.07 Å². The van der Waals surface area contributed by atoms with Gasteiger partial charge >= 0.3 is 5.97 Å². The smallest absolute Gasteiger partial charge is 0.326 e. The molecule has 0 aromatic heterocycles. The van der Waals surface area contributed by atoms with Crippen LogP contribution < -0.4 is 5.32 Å². The van der Waals surface area contributed by atoms with Crippen LogP contribution in [-0.4, -0.2) is 22.9 Å². The van der Waals surface area contributed by atoms with E-state index in [0.717, 1.165) is 5.56 Å². The van der Waals surface area contributed by atoms with Crippen molar-refractivity contribution in [3.8, 4) is 0 Å². The summed E-state index contributed by atoms with van der Waals surface area (Å²) >= 11 is 11.8. The van der Waals surface area contributed by atoms with Gasteiger partial charge in [0.1, 0.15) is 6.04 Å². The summed E-state index contributed by atoms with van der Waals surface area (Å²) in [5, 5.41) is 12.7. The summed E-state index contributed by atoms with van der Waals surface area (Å²) in [4.78, 5) is 23.4. The molecule has 124 valence electrons. The largest absolute Gasteiger partial charge is 0.480 e. The second-order valence-corrected chi connectivity index (χ2v) is 5.91. The molecule has 2 aromatic carbocycles. The molecule has 4 nitrogen and oxygen atoms in total. The molecule has 0 aliphatic heterocycles. The van der Waals surface area contributed by atoms with Gasteiger partial charge in [-0.3, -0.25) is 4.79 Å². The zero-order chi connectivity index (χ0) is 17.5. The topological polar surface area (TPSA) is 66.4 Å². The molecule has 2 N–H and O–H groups in total. The third-order valence-corrected chi connectivity index (χ3v) is 3.86. The lowest BCUT2D eigenvalue weighted by molar-refractivity contribution is -0.139. The maximum Gasteiger partial charge on any atom is 0.326 e. The number of carboxylic acids is 1. The van der Waals surface area contributed by atoms with Crippen molar-refractivity contribution in [2.24, 2.45) is 0 Å². The molecule has 0 radical (unpaired) electrons. The van der Waals surface area contributed by atoms with Crippen molar-refractivity contribution in [3.05, 3.63) is 82.0 Å². The van der Waals surface area contributed by atoms with Gasteiger partial charge in [0.05, 0.1) is 5.02 Å². The van der Waals surface area contributed by atoms with E-state index in [0.29, 0.717) is 17.0 Å². The Hall–Kier alpha value is -2.30. The van der Waals surface area contributed by atoms with Crippen molar-refractivity contribution in [3.63, 3.8) is 0 Å². The molecule has 6 heteroatoms. The molecule has 0 amide bonds. The maximum absolute atomic E-state index is 12.1. The molecule has 0 fully saturated rings. The molecule has 0 aliphatic carbocycles. The highest BCUT2D eigenvalue weighted by Gasteiger charge is 2.16. The Morgan fingerprint density at radius 1 is 1.12 bits per heavy atom. The molecule has 1 atom stereocenters. The first-order chi connectivity index (χ1) is 11.5. The van der Waals surface area contributed by atoms with Crippen LogP contribution in [-0.2, 0) is 11.2 Å². The average molecular weight is 364 g/mol. The first kappa shape index (κ1) is 18.0. The molecule has 0 heterocycles. The minimum Gasteiger partial charge on any atom is -0.480 e. The van der Waals surface area contributed by atoms with Crippen molar-refractivity contribution in [1.82, 2.24) is 5.32 Å². The summed E-state index contributed by atoms with van der Waals surface area (Å²) in [7, 11) is 0. The van der Waals surface area contributed by atoms with E-state index < -0.39 is 12.0 Å². The number of carboxylic acid groups (broad SMARTS) is 1. The molecule has 0 saturated carbocycles. The summed E-state index contributed by atoms with van der Waals surface area (Å²) in [5.41, 5.74) is 1.19. The van der Waals surface area contributed by atoms with E-state index >= 15 is 0 Å². The lowest BCUT2D eigenvalue weighted by Gasteiger charge is -2.12. The van der Waals surface area contributed by atoms with Crippen LogP contribution in [0.4, 0.5) is 0 Å².